The van der Waals surface area contributed by atoms with Crippen LogP contribution in [0.15, 0.2) is 24.3 Å². The number of hydrogen-bond donors (Lipinski definition) is 2. The maximum Gasteiger partial charge on any atom is 0.325 e. The molecule has 0 saturated heterocycles. The third-order valence-corrected chi connectivity index (χ3v) is 2.42. The minimum atomic E-state index is -0.792. The summed E-state index contributed by atoms with van der Waals surface area (Å²) in [5, 5.41) is 2.39. The zero-order valence-corrected chi connectivity index (χ0v) is 10.7. The summed E-state index contributed by atoms with van der Waals surface area (Å²) in [6.45, 7) is 1.74. The molecule has 0 aliphatic rings. The second kappa shape index (κ2) is 7.48. The number of amides is 1. The first-order valence-electron chi connectivity index (χ1n) is 5.96. The Morgan fingerprint density at radius 3 is 2.58 bits per heavy atom. The molecule has 0 saturated carbocycles. The topological polar surface area (TPSA) is 81.4 Å². The zero-order chi connectivity index (χ0) is 14.3. The van der Waals surface area contributed by atoms with Crippen LogP contribution in [-0.2, 0) is 20.7 Å². The van der Waals surface area contributed by atoms with Gasteiger partial charge in [0.2, 0.25) is 5.91 Å². The Balaban J connectivity index is 2.40. The van der Waals surface area contributed by atoms with Gasteiger partial charge in [0.05, 0.1) is 12.6 Å². The number of rotatable bonds is 6. The van der Waals surface area contributed by atoms with Crippen molar-refractivity contribution in [3.05, 3.63) is 35.6 Å². The van der Waals surface area contributed by atoms with Crippen LogP contribution in [-0.4, -0.2) is 31.1 Å². The van der Waals surface area contributed by atoms with Gasteiger partial charge >= 0.3 is 5.97 Å². The molecular formula is C13H17FN2O3. The zero-order valence-electron chi connectivity index (χ0n) is 10.7. The van der Waals surface area contributed by atoms with Crippen molar-refractivity contribution in [1.29, 1.82) is 0 Å². The first-order valence-corrected chi connectivity index (χ1v) is 5.96. The summed E-state index contributed by atoms with van der Waals surface area (Å²) >= 11 is 0. The van der Waals surface area contributed by atoms with E-state index in [9.17, 15) is 14.0 Å². The first-order chi connectivity index (χ1) is 9.02. The van der Waals surface area contributed by atoms with E-state index in [0.717, 1.165) is 5.56 Å². The number of benzene rings is 1. The van der Waals surface area contributed by atoms with E-state index >= 15 is 0 Å². The Morgan fingerprint density at radius 2 is 2.00 bits per heavy atom. The lowest BCUT2D eigenvalue weighted by atomic mass is 10.1. The monoisotopic (exact) mass is 268 g/mol. The average molecular weight is 268 g/mol. The van der Waals surface area contributed by atoms with Crippen LogP contribution in [0.2, 0.25) is 0 Å². The summed E-state index contributed by atoms with van der Waals surface area (Å²) in [5.41, 5.74) is 6.44. The highest BCUT2D eigenvalue weighted by Gasteiger charge is 2.15. The van der Waals surface area contributed by atoms with E-state index in [0.29, 0.717) is 0 Å². The van der Waals surface area contributed by atoms with Gasteiger partial charge in [0.15, 0.2) is 0 Å². The molecule has 6 heteroatoms. The van der Waals surface area contributed by atoms with E-state index in [2.05, 4.69) is 10.1 Å². The third kappa shape index (κ3) is 5.48. The predicted octanol–water partition coefficient (Wildman–Crippen LogP) is 0.375. The van der Waals surface area contributed by atoms with Gasteiger partial charge in [-0.05, 0) is 31.0 Å². The number of halogens is 1. The molecule has 1 aromatic rings. The quantitative estimate of drug-likeness (QED) is 0.731. The minimum Gasteiger partial charge on any atom is -0.465 e. The van der Waals surface area contributed by atoms with Gasteiger partial charge in [-0.25, -0.2) is 4.39 Å². The lowest BCUT2D eigenvalue weighted by molar-refractivity contribution is -0.143. The number of carbonyl (C=O) groups is 2. The molecule has 3 N–H and O–H groups in total. The molecular weight excluding hydrogens is 251 g/mol. The van der Waals surface area contributed by atoms with Crippen LogP contribution in [0, 0.1) is 5.82 Å². The van der Waals surface area contributed by atoms with Crippen LogP contribution in [0.5, 0.6) is 0 Å². The van der Waals surface area contributed by atoms with E-state index in [1.165, 1.54) is 12.1 Å². The van der Waals surface area contributed by atoms with Crippen molar-refractivity contribution in [2.75, 3.05) is 13.2 Å². The van der Waals surface area contributed by atoms with Gasteiger partial charge < -0.3 is 15.8 Å². The van der Waals surface area contributed by atoms with Crippen LogP contribution >= 0.6 is 0 Å². The second-order valence-corrected chi connectivity index (χ2v) is 3.96. The van der Waals surface area contributed by atoms with Crippen LogP contribution in [0.4, 0.5) is 4.39 Å². The van der Waals surface area contributed by atoms with Crippen LogP contribution in [0.1, 0.15) is 12.5 Å². The Labute approximate surface area is 110 Å². The molecule has 5 nitrogen and oxygen atoms in total. The van der Waals surface area contributed by atoms with Crippen molar-refractivity contribution in [2.45, 2.75) is 19.4 Å². The molecule has 0 aliphatic heterocycles. The molecule has 104 valence electrons. The lowest BCUT2D eigenvalue weighted by Gasteiger charge is -2.11. The van der Waals surface area contributed by atoms with Gasteiger partial charge in [-0.1, -0.05) is 12.1 Å². The lowest BCUT2D eigenvalue weighted by Crippen LogP contribution is -2.44. The van der Waals surface area contributed by atoms with Gasteiger partial charge in [-0.15, -0.1) is 0 Å². The molecule has 1 atom stereocenters. The van der Waals surface area contributed by atoms with Crippen LogP contribution in [0.25, 0.3) is 0 Å². The predicted molar refractivity (Wildman–Crippen MR) is 67.7 cm³/mol. The highest BCUT2D eigenvalue weighted by atomic mass is 19.1. The van der Waals surface area contributed by atoms with Crippen molar-refractivity contribution in [1.82, 2.24) is 5.32 Å². The van der Waals surface area contributed by atoms with Gasteiger partial charge in [0, 0.05) is 0 Å². The largest absolute Gasteiger partial charge is 0.465 e. The maximum absolute atomic E-state index is 12.7. The maximum atomic E-state index is 12.7. The fourth-order valence-corrected chi connectivity index (χ4v) is 1.47. The number of ether oxygens (including phenoxy) is 1. The number of esters is 1. The highest BCUT2D eigenvalue weighted by Crippen LogP contribution is 2.05. The van der Waals surface area contributed by atoms with Gasteiger partial charge in [0.1, 0.15) is 12.4 Å². The molecule has 1 amide bonds. The van der Waals surface area contributed by atoms with Gasteiger partial charge in [0.25, 0.3) is 0 Å². The van der Waals surface area contributed by atoms with E-state index in [-0.39, 0.29) is 25.4 Å². The minimum absolute atomic E-state index is 0.205. The molecule has 1 unspecified atom stereocenters. The van der Waals surface area contributed by atoms with Crippen molar-refractivity contribution in [3.63, 3.8) is 0 Å². The van der Waals surface area contributed by atoms with Gasteiger partial charge in [-0.3, -0.25) is 9.59 Å². The molecule has 0 aromatic heterocycles. The second-order valence-electron chi connectivity index (χ2n) is 3.96. The summed E-state index contributed by atoms with van der Waals surface area (Å²) in [6, 6.07) is 4.94. The number of hydrogen-bond acceptors (Lipinski definition) is 4. The molecule has 1 rings (SSSR count). The van der Waals surface area contributed by atoms with E-state index in [1.54, 1.807) is 19.1 Å². The fourth-order valence-electron chi connectivity index (χ4n) is 1.47. The summed E-state index contributed by atoms with van der Waals surface area (Å²) in [4.78, 5) is 22.7. The van der Waals surface area contributed by atoms with E-state index < -0.39 is 17.9 Å². The summed E-state index contributed by atoms with van der Waals surface area (Å²) in [7, 11) is 0. The number of nitrogens with two attached hydrogens (primary N) is 1. The molecule has 0 bridgehead atoms. The van der Waals surface area contributed by atoms with E-state index in [4.69, 9.17) is 5.73 Å². The van der Waals surface area contributed by atoms with E-state index in [1.807, 2.05) is 0 Å². The fraction of sp³-hybridized carbons (Fsp3) is 0.385. The van der Waals surface area contributed by atoms with Crippen molar-refractivity contribution in [3.8, 4) is 0 Å². The Hall–Kier alpha value is -1.95. The Morgan fingerprint density at radius 1 is 1.37 bits per heavy atom. The van der Waals surface area contributed by atoms with Crippen molar-refractivity contribution >= 4 is 11.9 Å². The van der Waals surface area contributed by atoms with Crippen molar-refractivity contribution < 1.29 is 18.7 Å². The van der Waals surface area contributed by atoms with Crippen LogP contribution < -0.4 is 11.1 Å². The summed E-state index contributed by atoms with van der Waals surface area (Å²) in [6.07, 6.45) is 0.273. The number of nitrogens with one attached hydrogen (secondary N) is 1. The molecule has 0 fully saturated rings. The molecule has 0 aliphatic carbocycles. The molecule has 0 spiro atoms. The van der Waals surface area contributed by atoms with Crippen LogP contribution in [0.3, 0.4) is 0 Å². The molecule has 1 aromatic carbocycles. The SMILES string of the molecule is CCOC(=O)CNC(=O)C(N)Cc1ccc(F)cc1. The Kier molecular flexibility index (Phi) is 5.95. The smallest absolute Gasteiger partial charge is 0.325 e. The standard InChI is InChI=1S/C13H17FN2O3/c1-2-19-12(17)8-16-13(18)11(15)7-9-3-5-10(14)6-4-9/h3-6,11H,2,7-8,15H2,1H3,(H,16,18). The highest BCUT2D eigenvalue weighted by molar-refractivity contribution is 5.85. The van der Waals surface area contributed by atoms with Crippen molar-refractivity contribution in [2.24, 2.45) is 5.73 Å². The first kappa shape index (κ1) is 15.1. The average Bonchev–Trinajstić information content (AvgIpc) is 2.39. The third-order valence-electron chi connectivity index (χ3n) is 2.42. The Bertz CT molecular complexity index is 434. The summed E-state index contributed by atoms with van der Waals surface area (Å²) < 4.78 is 17.4. The number of carbonyl (C=O) groups excluding carboxylic acids is 2. The summed E-state index contributed by atoms with van der Waals surface area (Å²) in [5.74, 6) is -1.30. The molecule has 0 heterocycles. The normalized spacial score (nSPS) is 11.7. The molecule has 0 radical (unpaired) electrons. The van der Waals surface area contributed by atoms with Gasteiger partial charge in [-0.2, -0.15) is 0 Å². The molecule has 19 heavy (non-hydrogen) atoms.